The number of carboxylic acids is 1. The molecule has 0 saturated carbocycles. The van der Waals surface area contributed by atoms with Gasteiger partial charge in [0, 0.05) is 5.75 Å². The molecule has 0 aliphatic heterocycles. The number of benzene rings is 1. The van der Waals surface area contributed by atoms with E-state index in [4.69, 9.17) is 9.84 Å². The molecular weight excluding hydrogens is 240 g/mol. The minimum Gasteiger partial charge on any atom is -0.478 e. The monoisotopic (exact) mass is 254 g/mol. The van der Waals surface area contributed by atoms with Gasteiger partial charge in [0.1, 0.15) is 0 Å². The van der Waals surface area contributed by atoms with Gasteiger partial charge in [-0.15, -0.1) is 11.8 Å². The topological polar surface area (TPSA) is 63.6 Å². The molecule has 0 spiro atoms. The molecule has 0 fully saturated rings. The highest BCUT2D eigenvalue weighted by Crippen LogP contribution is 2.13. The highest BCUT2D eigenvalue weighted by molar-refractivity contribution is 7.99. The van der Waals surface area contributed by atoms with E-state index in [0.717, 1.165) is 5.56 Å². The van der Waals surface area contributed by atoms with Crippen molar-refractivity contribution in [2.75, 3.05) is 12.4 Å². The van der Waals surface area contributed by atoms with Crippen LogP contribution in [-0.4, -0.2) is 29.4 Å². The highest BCUT2D eigenvalue weighted by atomic mass is 32.2. The summed E-state index contributed by atoms with van der Waals surface area (Å²) >= 11 is 1.45. The second-order valence-corrected chi connectivity index (χ2v) is 4.29. The number of hydrogen-bond acceptors (Lipinski definition) is 4. The Kier molecular flexibility index (Phi) is 5.56. The number of carboxylic acid groups (broad SMARTS) is 1. The van der Waals surface area contributed by atoms with E-state index in [1.54, 1.807) is 31.2 Å². The molecule has 1 N–H and O–H groups in total. The number of ether oxygens (including phenoxy) is 1. The van der Waals surface area contributed by atoms with Gasteiger partial charge in [0.15, 0.2) is 0 Å². The minimum atomic E-state index is -0.935. The molecule has 1 aromatic carbocycles. The molecule has 0 heterocycles. The Bertz CT molecular complexity index is 386. The fourth-order valence-electron chi connectivity index (χ4n) is 1.20. The van der Waals surface area contributed by atoms with E-state index in [1.165, 1.54) is 11.8 Å². The lowest BCUT2D eigenvalue weighted by Gasteiger charge is -2.02. The zero-order valence-corrected chi connectivity index (χ0v) is 10.3. The van der Waals surface area contributed by atoms with Crippen LogP contribution < -0.4 is 0 Å². The first-order valence-electron chi connectivity index (χ1n) is 5.19. The molecule has 0 aromatic heterocycles. The van der Waals surface area contributed by atoms with E-state index in [-0.39, 0.29) is 11.5 Å². The van der Waals surface area contributed by atoms with Crippen LogP contribution in [-0.2, 0) is 15.3 Å². The Balaban J connectivity index is 2.37. The molecule has 0 amide bonds. The summed E-state index contributed by atoms with van der Waals surface area (Å²) in [7, 11) is 0. The summed E-state index contributed by atoms with van der Waals surface area (Å²) in [6.07, 6.45) is 0. The van der Waals surface area contributed by atoms with Crippen LogP contribution in [0, 0.1) is 0 Å². The predicted octanol–water partition coefficient (Wildman–Crippen LogP) is 2.18. The van der Waals surface area contributed by atoms with Gasteiger partial charge in [-0.2, -0.15) is 0 Å². The van der Waals surface area contributed by atoms with Crippen LogP contribution in [0.1, 0.15) is 22.8 Å². The van der Waals surface area contributed by atoms with Crippen LogP contribution in [0.25, 0.3) is 0 Å². The number of carbonyl (C=O) groups is 2. The zero-order valence-electron chi connectivity index (χ0n) is 9.51. The fourth-order valence-corrected chi connectivity index (χ4v) is 1.98. The Hall–Kier alpha value is -1.49. The number of rotatable bonds is 6. The van der Waals surface area contributed by atoms with Crippen molar-refractivity contribution in [1.82, 2.24) is 0 Å². The first-order valence-corrected chi connectivity index (χ1v) is 6.34. The normalized spacial score (nSPS) is 9.94. The van der Waals surface area contributed by atoms with Crippen LogP contribution in [0.15, 0.2) is 24.3 Å². The number of esters is 1. The van der Waals surface area contributed by atoms with Crippen molar-refractivity contribution < 1.29 is 19.4 Å². The van der Waals surface area contributed by atoms with Gasteiger partial charge >= 0.3 is 11.9 Å². The molecule has 0 unspecified atom stereocenters. The zero-order chi connectivity index (χ0) is 12.7. The molecule has 4 nitrogen and oxygen atoms in total. The highest BCUT2D eigenvalue weighted by Gasteiger charge is 2.04. The summed E-state index contributed by atoms with van der Waals surface area (Å²) in [5.74, 6) is -0.178. The van der Waals surface area contributed by atoms with Gasteiger partial charge in [0.05, 0.1) is 17.9 Å². The Morgan fingerprint density at radius 1 is 1.29 bits per heavy atom. The largest absolute Gasteiger partial charge is 0.478 e. The van der Waals surface area contributed by atoms with Gasteiger partial charge in [-0.05, 0) is 24.6 Å². The number of carbonyl (C=O) groups excluding carboxylic acids is 1. The minimum absolute atomic E-state index is 0.223. The second kappa shape index (κ2) is 6.96. The first-order chi connectivity index (χ1) is 8.13. The predicted molar refractivity (Wildman–Crippen MR) is 66.2 cm³/mol. The van der Waals surface area contributed by atoms with Crippen molar-refractivity contribution in [2.24, 2.45) is 0 Å². The van der Waals surface area contributed by atoms with Crippen molar-refractivity contribution >= 4 is 23.7 Å². The molecule has 17 heavy (non-hydrogen) atoms. The lowest BCUT2D eigenvalue weighted by Crippen LogP contribution is -2.06. The summed E-state index contributed by atoms with van der Waals surface area (Å²) in [4.78, 5) is 21.7. The maximum atomic E-state index is 11.1. The molecule has 0 atom stereocenters. The lowest BCUT2D eigenvalue weighted by molar-refractivity contribution is -0.139. The average molecular weight is 254 g/mol. The van der Waals surface area contributed by atoms with E-state index in [2.05, 4.69) is 0 Å². The lowest BCUT2D eigenvalue weighted by atomic mass is 10.1. The van der Waals surface area contributed by atoms with Crippen molar-refractivity contribution in [2.45, 2.75) is 12.7 Å². The van der Waals surface area contributed by atoms with Crippen molar-refractivity contribution in [3.8, 4) is 0 Å². The van der Waals surface area contributed by atoms with Crippen LogP contribution >= 0.6 is 11.8 Å². The Morgan fingerprint density at radius 3 is 2.47 bits per heavy atom. The van der Waals surface area contributed by atoms with Gasteiger partial charge in [0.2, 0.25) is 0 Å². The first kappa shape index (κ1) is 13.6. The number of aromatic carboxylic acids is 1. The third-order valence-corrected chi connectivity index (χ3v) is 2.97. The molecular formula is C12H14O4S. The molecule has 0 aliphatic carbocycles. The summed E-state index contributed by atoms with van der Waals surface area (Å²) in [6.45, 7) is 2.17. The quantitative estimate of drug-likeness (QED) is 0.788. The van der Waals surface area contributed by atoms with Gasteiger partial charge in [-0.3, -0.25) is 4.79 Å². The third-order valence-electron chi connectivity index (χ3n) is 1.99. The number of thioether (sulfide) groups is 1. The van der Waals surface area contributed by atoms with Crippen LogP contribution in [0.2, 0.25) is 0 Å². The van der Waals surface area contributed by atoms with Crippen LogP contribution in [0.4, 0.5) is 0 Å². The van der Waals surface area contributed by atoms with E-state index in [0.29, 0.717) is 18.1 Å². The van der Waals surface area contributed by atoms with E-state index < -0.39 is 5.97 Å². The van der Waals surface area contributed by atoms with Crippen LogP contribution in [0.3, 0.4) is 0 Å². The third kappa shape index (κ3) is 4.91. The van der Waals surface area contributed by atoms with Gasteiger partial charge in [-0.1, -0.05) is 12.1 Å². The molecule has 0 bridgehead atoms. The maximum absolute atomic E-state index is 11.1. The van der Waals surface area contributed by atoms with E-state index in [9.17, 15) is 9.59 Å². The molecule has 1 aromatic rings. The maximum Gasteiger partial charge on any atom is 0.335 e. The second-order valence-electron chi connectivity index (χ2n) is 3.30. The van der Waals surface area contributed by atoms with Gasteiger partial charge in [0.25, 0.3) is 0 Å². The SMILES string of the molecule is CCOC(=O)CSCc1ccc(C(=O)O)cc1. The Labute approximate surface area is 104 Å². The smallest absolute Gasteiger partial charge is 0.335 e. The van der Waals surface area contributed by atoms with E-state index >= 15 is 0 Å². The molecule has 1 rings (SSSR count). The molecule has 0 saturated heterocycles. The number of hydrogen-bond donors (Lipinski definition) is 1. The van der Waals surface area contributed by atoms with E-state index in [1.807, 2.05) is 0 Å². The summed E-state index contributed by atoms with van der Waals surface area (Å²) in [5.41, 5.74) is 1.26. The molecule has 0 radical (unpaired) electrons. The van der Waals surface area contributed by atoms with Crippen molar-refractivity contribution in [1.29, 1.82) is 0 Å². The van der Waals surface area contributed by atoms with Gasteiger partial charge in [-0.25, -0.2) is 4.79 Å². The fraction of sp³-hybridized carbons (Fsp3) is 0.333. The summed E-state index contributed by atoms with van der Waals surface area (Å²) in [5, 5.41) is 8.72. The molecule has 5 heteroatoms. The molecule has 92 valence electrons. The summed E-state index contributed by atoms with van der Waals surface area (Å²) in [6, 6.07) is 6.62. The van der Waals surface area contributed by atoms with Crippen molar-refractivity contribution in [3.63, 3.8) is 0 Å². The van der Waals surface area contributed by atoms with Crippen molar-refractivity contribution in [3.05, 3.63) is 35.4 Å². The molecule has 0 aliphatic rings. The van der Waals surface area contributed by atoms with Crippen LogP contribution in [0.5, 0.6) is 0 Å². The average Bonchev–Trinajstić information content (AvgIpc) is 2.30. The summed E-state index contributed by atoms with van der Waals surface area (Å²) < 4.78 is 4.79. The Morgan fingerprint density at radius 2 is 1.94 bits per heavy atom. The van der Waals surface area contributed by atoms with Gasteiger partial charge < -0.3 is 9.84 Å². The standard InChI is InChI=1S/C12H14O4S/c1-2-16-11(13)8-17-7-9-3-5-10(6-4-9)12(14)15/h3-6H,2,7-8H2,1H3,(H,14,15).